The van der Waals surface area contributed by atoms with Crippen molar-refractivity contribution in [3.05, 3.63) is 34.8 Å². The van der Waals surface area contributed by atoms with Gasteiger partial charge in [-0.2, -0.15) is 0 Å². The first-order valence-corrected chi connectivity index (χ1v) is 5.15. The average Bonchev–Trinajstić information content (AvgIpc) is 2.71. The van der Waals surface area contributed by atoms with Gasteiger partial charge < -0.3 is 5.11 Å². The lowest BCUT2D eigenvalue weighted by Crippen LogP contribution is -2.18. The van der Waals surface area contributed by atoms with Gasteiger partial charge in [-0.25, -0.2) is 0 Å². The van der Waals surface area contributed by atoms with E-state index in [1.807, 2.05) is 12.2 Å². The topological polar surface area (TPSA) is 37.3 Å². The molecule has 3 rings (SSSR count). The highest BCUT2D eigenvalue weighted by atomic mass is 32.2. The molecule has 3 heteroatoms. The second kappa shape index (κ2) is 2.29. The molecule has 0 aromatic rings. The molecule has 66 valence electrons. The van der Waals surface area contributed by atoms with Crippen LogP contribution >= 0.6 is 11.8 Å². The molecule has 0 aromatic heterocycles. The van der Waals surface area contributed by atoms with Crippen LogP contribution in [0.4, 0.5) is 0 Å². The maximum absolute atomic E-state index is 10.8. The summed E-state index contributed by atoms with van der Waals surface area (Å²) in [5.74, 6) is -0.549. The van der Waals surface area contributed by atoms with E-state index in [4.69, 9.17) is 5.11 Å². The van der Waals surface area contributed by atoms with Crippen molar-refractivity contribution in [1.29, 1.82) is 0 Å². The number of carboxylic acid groups (broad SMARTS) is 1. The van der Waals surface area contributed by atoms with Crippen molar-refractivity contribution in [3.8, 4) is 0 Å². The zero-order valence-corrected chi connectivity index (χ0v) is 7.62. The second-order valence-electron chi connectivity index (χ2n) is 3.47. The van der Waals surface area contributed by atoms with Crippen LogP contribution in [-0.2, 0) is 4.79 Å². The Balaban J connectivity index is 1.86. The second-order valence-corrected chi connectivity index (χ2v) is 4.69. The molecular formula is C10H8O2S. The van der Waals surface area contributed by atoms with Crippen LogP contribution in [0.25, 0.3) is 0 Å². The fourth-order valence-electron chi connectivity index (χ4n) is 2.08. The van der Waals surface area contributed by atoms with Crippen molar-refractivity contribution < 1.29 is 9.90 Å². The molecule has 0 amide bonds. The van der Waals surface area contributed by atoms with Crippen molar-refractivity contribution in [3.63, 3.8) is 0 Å². The van der Waals surface area contributed by atoms with Gasteiger partial charge in [0.1, 0.15) is 5.92 Å². The summed E-state index contributed by atoms with van der Waals surface area (Å²) in [5.41, 5.74) is 1.16. The number of aliphatic carboxylic acids is 1. The maximum Gasteiger partial charge on any atom is 0.315 e. The summed E-state index contributed by atoms with van der Waals surface area (Å²) in [6, 6.07) is 0. The van der Waals surface area contributed by atoms with Gasteiger partial charge >= 0.3 is 5.97 Å². The lowest BCUT2D eigenvalue weighted by molar-refractivity contribution is -0.138. The van der Waals surface area contributed by atoms with Gasteiger partial charge in [0.05, 0.1) is 0 Å². The van der Waals surface area contributed by atoms with Crippen molar-refractivity contribution in [2.24, 2.45) is 11.8 Å². The van der Waals surface area contributed by atoms with Gasteiger partial charge in [0, 0.05) is 16.1 Å². The molecule has 1 heterocycles. The third-order valence-electron chi connectivity index (χ3n) is 2.73. The van der Waals surface area contributed by atoms with Crippen LogP contribution in [0, 0.1) is 11.8 Å². The van der Waals surface area contributed by atoms with E-state index in [-0.39, 0.29) is 5.92 Å². The highest BCUT2D eigenvalue weighted by Gasteiger charge is 2.53. The van der Waals surface area contributed by atoms with E-state index in [0.717, 1.165) is 10.5 Å². The number of thioether (sulfide) groups is 1. The van der Waals surface area contributed by atoms with Gasteiger partial charge in [-0.1, -0.05) is 24.3 Å². The molecule has 0 saturated heterocycles. The number of allylic oxidation sites excluding steroid dienone is 3. The van der Waals surface area contributed by atoms with Gasteiger partial charge in [-0.05, 0) is 5.57 Å². The van der Waals surface area contributed by atoms with Crippen molar-refractivity contribution in [2.75, 3.05) is 0 Å². The quantitative estimate of drug-likeness (QED) is 0.688. The monoisotopic (exact) mass is 192 g/mol. The minimum Gasteiger partial charge on any atom is -0.481 e. The molecule has 0 saturated carbocycles. The van der Waals surface area contributed by atoms with Crippen molar-refractivity contribution in [2.45, 2.75) is 5.25 Å². The first-order valence-electron chi connectivity index (χ1n) is 4.27. The smallest absolute Gasteiger partial charge is 0.315 e. The molecule has 2 nitrogen and oxygen atoms in total. The summed E-state index contributed by atoms with van der Waals surface area (Å²) in [5, 5.41) is 9.33. The zero-order valence-electron chi connectivity index (χ0n) is 6.81. The van der Waals surface area contributed by atoms with Crippen LogP contribution in [0.15, 0.2) is 34.8 Å². The molecule has 2 aliphatic carbocycles. The highest BCUT2D eigenvalue weighted by molar-refractivity contribution is 8.04. The van der Waals surface area contributed by atoms with Crippen LogP contribution in [0.5, 0.6) is 0 Å². The zero-order chi connectivity index (χ0) is 9.00. The van der Waals surface area contributed by atoms with E-state index in [1.54, 1.807) is 11.8 Å². The van der Waals surface area contributed by atoms with Gasteiger partial charge in [-0.15, -0.1) is 11.8 Å². The standard InChI is InChI=1S/C10H8O2S/c11-10(12)8-7-5-3-1-2-4-6(5)13-9(7)8/h1-6,8H,(H,11,12)/t5?,6?,8-/m1/s1. The van der Waals surface area contributed by atoms with Gasteiger partial charge in [0.25, 0.3) is 0 Å². The summed E-state index contributed by atoms with van der Waals surface area (Å²) in [6.45, 7) is 0. The maximum atomic E-state index is 10.8. The first kappa shape index (κ1) is 7.44. The molecule has 1 N–H and O–H groups in total. The molecule has 1 aliphatic heterocycles. The third kappa shape index (κ3) is 0.879. The van der Waals surface area contributed by atoms with Crippen LogP contribution < -0.4 is 0 Å². The van der Waals surface area contributed by atoms with E-state index < -0.39 is 5.97 Å². The summed E-state index contributed by atoms with van der Waals surface area (Å²) in [6.07, 6.45) is 8.31. The molecule has 3 aliphatic rings. The Bertz CT molecular complexity index is 378. The minimum absolute atomic E-state index is 0.234. The van der Waals surface area contributed by atoms with E-state index in [9.17, 15) is 4.79 Å². The van der Waals surface area contributed by atoms with E-state index in [0.29, 0.717) is 11.2 Å². The highest BCUT2D eigenvalue weighted by Crippen LogP contribution is 2.62. The fraction of sp³-hybridized carbons (Fsp3) is 0.300. The van der Waals surface area contributed by atoms with Gasteiger partial charge in [0.2, 0.25) is 0 Å². The average molecular weight is 192 g/mol. The molecule has 3 atom stereocenters. The Morgan fingerprint density at radius 1 is 1.38 bits per heavy atom. The van der Waals surface area contributed by atoms with Crippen molar-refractivity contribution >= 4 is 17.7 Å². The summed E-state index contributed by atoms with van der Waals surface area (Å²) in [4.78, 5) is 11.9. The molecule has 0 radical (unpaired) electrons. The molecule has 2 unspecified atom stereocenters. The predicted octanol–water partition coefficient (Wildman–Crippen LogP) is 1.81. The number of hydrogen-bond acceptors (Lipinski definition) is 2. The third-order valence-corrected chi connectivity index (χ3v) is 4.18. The largest absolute Gasteiger partial charge is 0.481 e. The molecule has 0 bridgehead atoms. The van der Waals surface area contributed by atoms with Crippen molar-refractivity contribution in [1.82, 2.24) is 0 Å². The number of carbonyl (C=O) groups is 1. The van der Waals surface area contributed by atoms with Crippen LogP contribution in [0.1, 0.15) is 0 Å². The first-order chi connectivity index (χ1) is 6.29. The van der Waals surface area contributed by atoms with E-state index in [2.05, 4.69) is 12.2 Å². The van der Waals surface area contributed by atoms with E-state index >= 15 is 0 Å². The molecular weight excluding hydrogens is 184 g/mol. The Morgan fingerprint density at radius 3 is 2.92 bits per heavy atom. The Morgan fingerprint density at radius 2 is 2.15 bits per heavy atom. The number of carboxylic acids is 1. The van der Waals surface area contributed by atoms with Gasteiger partial charge in [0.15, 0.2) is 0 Å². The number of rotatable bonds is 1. The van der Waals surface area contributed by atoms with E-state index in [1.165, 1.54) is 0 Å². The van der Waals surface area contributed by atoms with Crippen LogP contribution in [0.2, 0.25) is 0 Å². The fourth-order valence-corrected chi connectivity index (χ4v) is 3.62. The van der Waals surface area contributed by atoms with Crippen LogP contribution in [0.3, 0.4) is 0 Å². The molecule has 0 fully saturated rings. The Hall–Kier alpha value is -0.960. The molecule has 0 aromatic carbocycles. The lowest BCUT2D eigenvalue weighted by Gasteiger charge is -2.20. The SMILES string of the molecule is O=C(O)[C@H]1C2=C1C1C=CC=CC1S2. The van der Waals surface area contributed by atoms with Crippen LogP contribution in [-0.4, -0.2) is 16.3 Å². The minimum atomic E-state index is -0.682. The Kier molecular flexibility index (Phi) is 1.31. The lowest BCUT2D eigenvalue weighted by atomic mass is 9.95. The predicted molar refractivity (Wildman–Crippen MR) is 51.3 cm³/mol. The summed E-state index contributed by atoms with van der Waals surface area (Å²) < 4.78 is 0. The van der Waals surface area contributed by atoms with Gasteiger partial charge in [-0.3, -0.25) is 4.79 Å². The number of hydrogen-bond donors (Lipinski definition) is 1. The molecule has 13 heavy (non-hydrogen) atoms. The summed E-state index contributed by atoms with van der Waals surface area (Å²) >= 11 is 1.72. The Labute approximate surface area is 80.0 Å². The summed E-state index contributed by atoms with van der Waals surface area (Å²) in [7, 11) is 0. The normalized spacial score (nSPS) is 38.9. The molecule has 0 spiro atoms. The number of fused-ring (bicyclic) bond motifs is 2.